The highest BCUT2D eigenvalue weighted by Gasteiger charge is 2.30. The highest BCUT2D eigenvalue weighted by molar-refractivity contribution is 7.18. The Hall–Kier alpha value is -2.60. The van der Waals surface area contributed by atoms with Crippen LogP contribution in [-0.4, -0.2) is 22.1 Å². The maximum Gasteiger partial charge on any atom is 0.233 e. The summed E-state index contributed by atoms with van der Waals surface area (Å²) in [6, 6.07) is 16.1. The molecule has 0 aliphatic heterocycles. The summed E-state index contributed by atoms with van der Waals surface area (Å²) in [6.07, 6.45) is 4.59. The van der Waals surface area contributed by atoms with Crippen LogP contribution in [0.1, 0.15) is 31.2 Å². The number of amides is 1. The third-order valence-electron chi connectivity index (χ3n) is 4.87. The van der Waals surface area contributed by atoms with Gasteiger partial charge in [-0.15, -0.1) is 10.2 Å². The molecule has 0 atom stereocenters. The maximum absolute atomic E-state index is 13.2. The number of carbonyl (C=O) groups is 1. The van der Waals surface area contributed by atoms with Crippen LogP contribution in [0, 0.1) is 5.82 Å². The lowest BCUT2D eigenvalue weighted by molar-refractivity contribution is -0.118. The molecule has 1 amide bonds. The molecule has 0 saturated heterocycles. The zero-order valence-electron chi connectivity index (χ0n) is 14.8. The average Bonchev–Trinajstić information content (AvgIpc) is 3.36. The van der Waals surface area contributed by atoms with E-state index in [4.69, 9.17) is 0 Å². The second-order valence-electron chi connectivity index (χ2n) is 6.76. The van der Waals surface area contributed by atoms with E-state index >= 15 is 0 Å². The van der Waals surface area contributed by atoms with Crippen molar-refractivity contribution >= 4 is 22.4 Å². The van der Waals surface area contributed by atoms with Crippen LogP contribution in [0.4, 0.5) is 9.52 Å². The molecule has 4 nitrogen and oxygen atoms in total. The minimum absolute atomic E-state index is 0.0508. The van der Waals surface area contributed by atoms with Crippen molar-refractivity contribution in [2.45, 2.75) is 38.1 Å². The number of hydrogen-bond acceptors (Lipinski definition) is 4. The van der Waals surface area contributed by atoms with E-state index in [0.717, 1.165) is 36.8 Å². The van der Waals surface area contributed by atoms with Gasteiger partial charge >= 0.3 is 0 Å². The fourth-order valence-corrected chi connectivity index (χ4v) is 4.45. The second-order valence-corrected chi connectivity index (χ2v) is 7.72. The van der Waals surface area contributed by atoms with Crippen molar-refractivity contribution in [3.8, 4) is 10.6 Å². The van der Waals surface area contributed by atoms with Gasteiger partial charge in [0.15, 0.2) is 0 Å². The lowest BCUT2D eigenvalue weighted by Crippen LogP contribution is -2.40. The Balaban J connectivity index is 1.61. The zero-order valence-corrected chi connectivity index (χ0v) is 15.7. The van der Waals surface area contributed by atoms with Gasteiger partial charge in [-0.1, -0.05) is 54.5 Å². The quantitative estimate of drug-likeness (QED) is 0.634. The summed E-state index contributed by atoms with van der Waals surface area (Å²) in [7, 11) is 0. The largest absolute Gasteiger partial charge is 0.283 e. The number of carbonyl (C=O) groups excluding carboxylic acids is 1. The van der Waals surface area contributed by atoms with Crippen LogP contribution in [0.3, 0.4) is 0 Å². The Labute approximate surface area is 161 Å². The number of aromatic nitrogens is 2. The van der Waals surface area contributed by atoms with E-state index in [0.29, 0.717) is 16.6 Å². The van der Waals surface area contributed by atoms with E-state index < -0.39 is 0 Å². The molecule has 0 radical (unpaired) electrons. The second kappa shape index (κ2) is 7.96. The number of halogens is 1. The fourth-order valence-electron chi connectivity index (χ4n) is 3.51. The standard InChI is InChI=1S/C21H20FN3OS/c22-17-12-10-16(11-13-17)20-23-24-21(27-20)25(18-8-4-5-9-18)19(26)14-15-6-2-1-3-7-15/h1-3,6-7,10-13,18H,4-5,8-9,14H2. The number of nitrogens with zero attached hydrogens (tertiary/aromatic N) is 3. The smallest absolute Gasteiger partial charge is 0.233 e. The minimum atomic E-state index is -0.283. The van der Waals surface area contributed by atoms with Crippen LogP contribution in [0.15, 0.2) is 54.6 Å². The molecule has 1 heterocycles. The Morgan fingerprint density at radius 3 is 2.44 bits per heavy atom. The molecular formula is C21H20FN3OS. The third kappa shape index (κ3) is 4.06. The molecule has 4 rings (SSSR count). The normalized spacial score (nSPS) is 14.4. The van der Waals surface area contributed by atoms with Crippen LogP contribution >= 0.6 is 11.3 Å². The van der Waals surface area contributed by atoms with Crippen molar-refractivity contribution in [3.05, 3.63) is 66.0 Å². The summed E-state index contributed by atoms with van der Waals surface area (Å²) >= 11 is 1.39. The van der Waals surface area contributed by atoms with Crippen molar-refractivity contribution < 1.29 is 9.18 Å². The molecule has 0 N–H and O–H groups in total. The molecule has 1 aromatic heterocycles. The summed E-state index contributed by atoms with van der Waals surface area (Å²) in [5.74, 6) is -0.232. The fraction of sp³-hybridized carbons (Fsp3) is 0.286. The monoisotopic (exact) mass is 381 g/mol. The van der Waals surface area contributed by atoms with Gasteiger partial charge in [0.1, 0.15) is 10.8 Å². The van der Waals surface area contributed by atoms with Gasteiger partial charge in [0.05, 0.1) is 6.42 Å². The van der Waals surface area contributed by atoms with Gasteiger partial charge in [-0.05, 0) is 42.7 Å². The summed E-state index contributed by atoms with van der Waals surface area (Å²) in [5.41, 5.74) is 1.80. The summed E-state index contributed by atoms with van der Waals surface area (Å²) in [6.45, 7) is 0. The van der Waals surface area contributed by atoms with Crippen molar-refractivity contribution in [3.63, 3.8) is 0 Å². The van der Waals surface area contributed by atoms with Crippen LogP contribution < -0.4 is 4.90 Å². The predicted molar refractivity (Wildman–Crippen MR) is 105 cm³/mol. The van der Waals surface area contributed by atoms with Gasteiger partial charge < -0.3 is 0 Å². The Morgan fingerprint density at radius 1 is 1.04 bits per heavy atom. The molecule has 1 saturated carbocycles. The van der Waals surface area contributed by atoms with E-state index in [-0.39, 0.29) is 17.8 Å². The third-order valence-corrected chi connectivity index (χ3v) is 5.84. The highest BCUT2D eigenvalue weighted by Crippen LogP contribution is 2.34. The molecule has 0 spiro atoms. The Bertz CT molecular complexity index is 905. The molecule has 1 aliphatic carbocycles. The lowest BCUT2D eigenvalue weighted by atomic mass is 10.1. The summed E-state index contributed by atoms with van der Waals surface area (Å²) in [4.78, 5) is 14.9. The van der Waals surface area contributed by atoms with Crippen LogP contribution in [-0.2, 0) is 11.2 Å². The van der Waals surface area contributed by atoms with Crippen molar-refractivity contribution in [1.82, 2.24) is 10.2 Å². The van der Waals surface area contributed by atoms with E-state index in [1.807, 2.05) is 35.2 Å². The molecule has 6 heteroatoms. The van der Waals surface area contributed by atoms with Gasteiger partial charge in [-0.3, -0.25) is 9.69 Å². The molecule has 0 unspecified atom stereocenters. The molecule has 3 aromatic rings. The number of rotatable bonds is 5. The van der Waals surface area contributed by atoms with Crippen molar-refractivity contribution in [2.24, 2.45) is 0 Å². The maximum atomic E-state index is 13.2. The Morgan fingerprint density at radius 2 is 1.74 bits per heavy atom. The molecule has 1 fully saturated rings. The van der Waals surface area contributed by atoms with Gasteiger partial charge in [0.2, 0.25) is 11.0 Å². The first-order valence-electron chi connectivity index (χ1n) is 9.16. The van der Waals surface area contributed by atoms with Crippen LogP contribution in [0.25, 0.3) is 10.6 Å². The SMILES string of the molecule is O=C(Cc1ccccc1)N(c1nnc(-c2ccc(F)cc2)s1)C1CCCC1. The molecule has 1 aliphatic rings. The summed E-state index contributed by atoms with van der Waals surface area (Å²) < 4.78 is 13.2. The van der Waals surface area contributed by atoms with E-state index in [1.54, 1.807) is 12.1 Å². The van der Waals surface area contributed by atoms with Crippen molar-refractivity contribution in [1.29, 1.82) is 0 Å². The molecule has 138 valence electrons. The van der Waals surface area contributed by atoms with Gasteiger partial charge in [0.25, 0.3) is 0 Å². The molecular weight excluding hydrogens is 361 g/mol. The topological polar surface area (TPSA) is 46.1 Å². The average molecular weight is 381 g/mol. The van der Waals surface area contributed by atoms with Crippen LogP contribution in [0.5, 0.6) is 0 Å². The van der Waals surface area contributed by atoms with E-state index in [1.165, 1.54) is 23.5 Å². The van der Waals surface area contributed by atoms with Gasteiger partial charge in [-0.2, -0.15) is 0 Å². The highest BCUT2D eigenvalue weighted by atomic mass is 32.1. The van der Waals surface area contributed by atoms with Crippen LogP contribution in [0.2, 0.25) is 0 Å². The number of anilines is 1. The molecule has 27 heavy (non-hydrogen) atoms. The summed E-state index contributed by atoms with van der Waals surface area (Å²) in [5, 5.41) is 9.87. The first kappa shape index (κ1) is 17.8. The molecule has 0 bridgehead atoms. The van der Waals surface area contributed by atoms with Gasteiger partial charge in [0, 0.05) is 11.6 Å². The zero-order chi connectivity index (χ0) is 18.6. The lowest BCUT2D eigenvalue weighted by Gasteiger charge is -2.26. The Kier molecular flexibility index (Phi) is 5.25. The van der Waals surface area contributed by atoms with E-state index in [2.05, 4.69) is 10.2 Å². The first-order valence-corrected chi connectivity index (χ1v) is 9.98. The van der Waals surface area contributed by atoms with Gasteiger partial charge in [-0.25, -0.2) is 4.39 Å². The van der Waals surface area contributed by atoms with Crippen molar-refractivity contribution in [2.75, 3.05) is 4.90 Å². The number of hydrogen-bond donors (Lipinski definition) is 0. The number of benzene rings is 2. The predicted octanol–water partition coefficient (Wildman–Crippen LogP) is 4.86. The minimum Gasteiger partial charge on any atom is -0.283 e. The first-order chi connectivity index (χ1) is 13.2. The van der Waals surface area contributed by atoms with E-state index in [9.17, 15) is 9.18 Å². The molecule has 2 aromatic carbocycles.